The highest BCUT2D eigenvalue weighted by Crippen LogP contribution is 2.21. The molecule has 20 heavy (non-hydrogen) atoms. The number of carbonyl (C=O) groups is 1. The lowest BCUT2D eigenvalue weighted by Gasteiger charge is -2.07. The summed E-state index contributed by atoms with van der Waals surface area (Å²) in [5.41, 5.74) is -0.0478. The van der Waals surface area contributed by atoms with Gasteiger partial charge >= 0.3 is 5.97 Å². The van der Waals surface area contributed by atoms with Crippen LogP contribution in [0.25, 0.3) is 0 Å². The molecule has 0 spiro atoms. The first-order valence-corrected chi connectivity index (χ1v) is 6.95. The molecule has 0 aromatic carbocycles. The zero-order valence-electron chi connectivity index (χ0n) is 10.6. The monoisotopic (exact) mass is 297 g/mol. The summed E-state index contributed by atoms with van der Waals surface area (Å²) < 4.78 is 31.4. The smallest absolute Gasteiger partial charge is 0.354 e. The minimum absolute atomic E-state index is 0.0833. The first-order valence-electron chi connectivity index (χ1n) is 5.47. The van der Waals surface area contributed by atoms with Crippen LogP contribution in [0.5, 0.6) is 0 Å². The second kappa shape index (κ2) is 4.93. The van der Waals surface area contributed by atoms with Crippen LogP contribution in [0.15, 0.2) is 27.6 Å². The number of nitrogens with zero attached hydrogens (tertiary/aromatic N) is 2. The Balaban J connectivity index is 2.39. The molecule has 0 saturated carbocycles. The Morgan fingerprint density at radius 2 is 2.05 bits per heavy atom. The highest BCUT2D eigenvalue weighted by molar-refractivity contribution is 7.92. The van der Waals surface area contributed by atoms with Crippen molar-refractivity contribution >= 4 is 21.8 Å². The number of pyridine rings is 1. The molecule has 2 rings (SSSR count). The minimum Gasteiger partial charge on any atom is -0.477 e. The van der Waals surface area contributed by atoms with E-state index in [0.717, 1.165) is 0 Å². The summed E-state index contributed by atoms with van der Waals surface area (Å²) >= 11 is 0. The fourth-order valence-electron chi connectivity index (χ4n) is 1.66. The van der Waals surface area contributed by atoms with Crippen LogP contribution in [0.4, 0.5) is 5.82 Å². The summed E-state index contributed by atoms with van der Waals surface area (Å²) in [6.07, 6.45) is 0. The number of aromatic nitrogens is 2. The Kier molecular flexibility index (Phi) is 3.45. The molecule has 2 N–H and O–H groups in total. The maximum atomic E-state index is 12.2. The van der Waals surface area contributed by atoms with Crippen LogP contribution in [0.1, 0.15) is 21.9 Å². The van der Waals surface area contributed by atoms with Gasteiger partial charge < -0.3 is 9.63 Å². The van der Waals surface area contributed by atoms with Crippen molar-refractivity contribution in [3.8, 4) is 0 Å². The van der Waals surface area contributed by atoms with Crippen molar-refractivity contribution in [3.05, 3.63) is 35.3 Å². The van der Waals surface area contributed by atoms with Gasteiger partial charge in [-0.3, -0.25) is 4.72 Å². The van der Waals surface area contributed by atoms with Crippen molar-refractivity contribution < 1.29 is 22.8 Å². The number of hydrogen-bond donors (Lipinski definition) is 2. The topological polar surface area (TPSA) is 122 Å². The second-order valence-electron chi connectivity index (χ2n) is 3.97. The summed E-state index contributed by atoms with van der Waals surface area (Å²) in [6, 6.07) is 4.00. The van der Waals surface area contributed by atoms with Crippen LogP contribution in [-0.2, 0) is 10.0 Å². The number of nitrogens with one attached hydrogen (secondary N) is 1. The Morgan fingerprint density at radius 1 is 1.35 bits per heavy atom. The summed E-state index contributed by atoms with van der Waals surface area (Å²) in [5, 5.41) is 12.4. The number of carboxylic acid groups (broad SMARTS) is 1. The van der Waals surface area contributed by atoms with E-state index in [9.17, 15) is 13.2 Å². The van der Waals surface area contributed by atoms with Gasteiger partial charge in [-0.25, -0.2) is 18.2 Å². The normalized spacial score (nSPS) is 11.3. The predicted molar refractivity (Wildman–Crippen MR) is 68.0 cm³/mol. The highest BCUT2D eigenvalue weighted by Gasteiger charge is 2.24. The van der Waals surface area contributed by atoms with E-state index in [0.29, 0.717) is 0 Å². The van der Waals surface area contributed by atoms with Gasteiger partial charge in [0.1, 0.15) is 11.5 Å². The zero-order valence-corrected chi connectivity index (χ0v) is 11.4. The first-order chi connectivity index (χ1) is 9.31. The predicted octanol–water partition coefficient (Wildman–Crippen LogP) is 1.19. The molecule has 0 aliphatic rings. The molecule has 0 radical (unpaired) electrons. The fourth-order valence-corrected chi connectivity index (χ4v) is 2.99. The van der Waals surface area contributed by atoms with Crippen LogP contribution in [0, 0.1) is 13.8 Å². The number of anilines is 1. The van der Waals surface area contributed by atoms with E-state index in [1.165, 1.54) is 32.0 Å². The van der Waals surface area contributed by atoms with E-state index in [4.69, 9.17) is 9.63 Å². The molecule has 2 heterocycles. The van der Waals surface area contributed by atoms with Crippen molar-refractivity contribution in [2.45, 2.75) is 18.7 Å². The molecule has 0 saturated heterocycles. The Bertz CT molecular complexity index is 747. The largest absolute Gasteiger partial charge is 0.477 e. The maximum Gasteiger partial charge on any atom is 0.354 e. The molecular formula is C11H11N3O5S. The van der Waals surface area contributed by atoms with E-state index in [-0.39, 0.29) is 27.9 Å². The summed E-state index contributed by atoms with van der Waals surface area (Å²) in [6.45, 7) is 2.96. The third kappa shape index (κ3) is 2.62. The van der Waals surface area contributed by atoms with E-state index >= 15 is 0 Å². The summed E-state index contributed by atoms with van der Waals surface area (Å²) in [4.78, 5) is 14.4. The van der Waals surface area contributed by atoms with E-state index in [2.05, 4.69) is 14.9 Å². The third-order valence-electron chi connectivity index (χ3n) is 2.44. The van der Waals surface area contributed by atoms with E-state index in [1.54, 1.807) is 0 Å². The van der Waals surface area contributed by atoms with Crippen LogP contribution in [-0.4, -0.2) is 29.6 Å². The molecular weight excluding hydrogens is 286 g/mol. The average Bonchev–Trinajstić information content (AvgIpc) is 2.69. The van der Waals surface area contributed by atoms with Gasteiger partial charge in [0, 0.05) is 0 Å². The molecule has 8 nitrogen and oxygen atoms in total. The van der Waals surface area contributed by atoms with Crippen molar-refractivity contribution in [2.75, 3.05) is 4.72 Å². The molecule has 0 amide bonds. The van der Waals surface area contributed by atoms with Gasteiger partial charge in [-0.1, -0.05) is 11.2 Å². The molecule has 0 atom stereocenters. The lowest BCUT2D eigenvalue weighted by Crippen LogP contribution is -2.16. The molecule has 0 bridgehead atoms. The zero-order chi connectivity index (χ0) is 14.9. The summed E-state index contributed by atoms with van der Waals surface area (Å²) in [5.74, 6) is -1.20. The standard InChI is InChI=1S/C11H11N3O5S/c1-6-10(7(2)19-13-6)20(17,18)14-9-5-3-4-8(12-9)11(15)16/h3-5H,1-2H3,(H,12,14)(H,15,16). The maximum absolute atomic E-state index is 12.2. The first kappa shape index (κ1) is 14.0. The highest BCUT2D eigenvalue weighted by atomic mass is 32.2. The van der Waals surface area contributed by atoms with Crippen LogP contribution in [0.2, 0.25) is 0 Å². The van der Waals surface area contributed by atoms with Gasteiger partial charge in [0.25, 0.3) is 10.0 Å². The van der Waals surface area contributed by atoms with Crippen LogP contribution >= 0.6 is 0 Å². The van der Waals surface area contributed by atoms with Gasteiger partial charge in [0.15, 0.2) is 16.3 Å². The molecule has 106 valence electrons. The number of aryl methyl sites for hydroxylation is 2. The molecule has 2 aromatic rings. The minimum atomic E-state index is -3.94. The van der Waals surface area contributed by atoms with Crippen molar-refractivity contribution in [1.29, 1.82) is 0 Å². The molecule has 9 heteroatoms. The lowest BCUT2D eigenvalue weighted by atomic mass is 10.3. The van der Waals surface area contributed by atoms with Gasteiger partial charge in [0.05, 0.1) is 0 Å². The number of rotatable bonds is 4. The number of sulfonamides is 1. The fraction of sp³-hybridized carbons (Fsp3) is 0.182. The SMILES string of the molecule is Cc1noc(C)c1S(=O)(=O)Nc1cccc(C(=O)O)n1. The van der Waals surface area contributed by atoms with Gasteiger partial charge in [0.2, 0.25) is 0 Å². The summed E-state index contributed by atoms with van der Waals surface area (Å²) in [7, 11) is -3.94. The van der Waals surface area contributed by atoms with Gasteiger partial charge in [-0.15, -0.1) is 0 Å². The molecule has 0 aliphatic heterocycles. The van der Waals surface area contributed by atoms with Gasteiger partial charge in [-0.2, -0.15) is 0 Å². The Morgan fingerprint density at radius 3 is 2.60 bits per heavy atom. The number of carboxylic acids is 1. The molecule has 0 aliphatic carbocycles. The third-order valence-corrected chi connectivity index (χ3v) is 4.04. The van der Waals surface area contributed by atoms with Gasteiger partial charge in [-0.05, 0) is 26.0 Å². The van der Waals surface area contributed by atoms with E-state index < -0.39 is 16.0 Å². The van der Waals surface area contributed by atoms with Crippen molar-refractivity contribution in [1.82, 2.24) is 10.1 Å². The Hall–Kier alpha value is -2.42. The lowest BCUT2D eigenvalue weighted by molar-refractivity contribution is 0.0690. The Labute approximate surface area is 114 Å². The average molecular weight is 297 g/mol. The molecule has 0 unspecified atom stereocenters. The second-order valence-corrected chi connectivity index (χ2v) is 5.59. The van der Waals surface area contributed by atoms with Crippen molar-refractivity contribution in [3.63, 3.8) is 0 Å². The van der Waals surface area contributed by atoms with Crippen LogP contribution < -0.4 is 4.72 Å². The number of aromatic carboxylic acids is 1. The molecule has 0 fully saturated rings. The van der Waals surface area contributed by atoms with Crippen LogP contribution in [0.3, 0.4) is 0 Å². The quantitative estimate of drug-likeness (QED) is 0.868. The molecule has 2 aromatic heterocycles. The van der Waals surface area contributed by atoms with E-state index in [1.807, 2.05) is 0 Å². The number of hydrogen-bond acceptors (Lipinski definition) is 6. The van der Waals surface area contributed by atoms with Crippen molar-refractivity contribution in [2.24, 2.45) is 0 Å².